The average molecular weight is 527 g/mol. The normalized spacial score (nSPS) is 15.5. The fourth-order valence-electron chi connectivity index (χ4n) is 4.13. The van der Waals surface area contributed by atoms with Gasteiger partial charge in [-0.15, -0.1) is 0 Å². The van der Waals surface area contributed by atoms with Crippen LogP contribution in [0, 0.1) is 0 Å². The summed E-state index contributed by atoms with van der Waals surface area (Å²) in [6.07, 6.45) is 0.865. The fourth-order valence-corrected chi connectivity index (χ4v) is 4.96. The number of hydrogen-bond donors (Lipinski definition) is 4. The Bertz CT molecular complexity index is 1340. The van der Waals surface area contributed by atoms with Crippen LogP contribution in [0.15, 0.2) is 39.8 Å². The largest absolute Gasteiger partial charge is 0.495 e. The zero-order chi connectivity index (χ0) is 25.8. The van der Waals surface area contributed by atoms with Crippen LogP contribution in [0.1, 0.15) is 24.2 Å². The number of hydrogen-bond acceptors (Lipinski definition) is 11. The Morgan fingerprint density at radius 2 is 1.84 bits per heavy atom. The van der Waals surface area contributed by atoms with Gasteiger partial charge in [0.2, 0.25) is 0 Å². The molecule has 1 aliphatic rings. The van der Waals surface area contributed by atoms with E-state index < -0.39 is 0 Å². The molecule has 0 spiro atoms. The summed E-state index contributed by atoms with van der Waals surface area (Å²) in [5.74, 6) is 3.24. The summed E-state index contributed by atoms with van der Waals surface area (Å²) in [7, 11) is 4.90. The lowest BCUT2D eigenvalue weighted by Crippen LogP contribution is -2.34. The highest BCUT2D eigenvalue weighted by Crippen LogP contribution is 2.42. The predicted octanol–water partition coefficient (Wildman–Crippen LogP) is 4.66. The number of ether oxygens (including phenoxy) is 4. The van der Waals surface area contributed by atoms with Crippen LogP contribution in [-0.4, -0.2) is 56.4 Å². The number of aryl methyl sites for hydroxylation is 1. The molecule has 0 radical (unpaired) electrons. The molecule has 2 aromatic heterocycles. The number of methoxy groups -OCH3 is 3. The fraction of sp³-hybridized carbons (Fsp3) is 0.360. The van der Waals surface area contributed by atoms with Gasteiger partial charge in [0.15, 0.2) is 17.2 Å². The first kappa shape index (κ1) is 25.1. The molecule has 5 rings (SSSR count). The van der Waals surface area contributed by atoms with E-state index in [2.05, 4.69) is 37.6 Å². The van der Waals surface area contributed by atoms with Gasteiger partial charge >= 0.3 is 0 Å². The average Bonchev–Trinajstić information content (AvgIpc) is 3.57. The smallest absolute Gasteiger partial charge is 0.187 e. The van der Waals surface area contributed by atoms with Crippen molar-refractivity contribution in [1.82, 2.24) is 20.7 Å². The Balaban J connectivity index is 1.39. The van der Waals surface area contributed by atoms with E-state index in [1.54, 1.807) is 21.3 Å². The minimum absolute atomic E-state index is 0.0772. The van der Waals surface area contributed by atoms with Gasteiger partial charge < -0.3 is 38.8 Å². The van der Waals surface area contributed by atoms with Crippen molar-refractivity contribution in [2.45, 2.75) is 24.3 Å². The minimum Gasteiger partial charge on any atom is -0.495 e. The van der Waals surface area contributed by atoms with Crippen molar-refractivity contribution in [3.05, 3.63) is 41.6 Å². The van der Waals surface area contributed by atoms with E-state index in [4.69, 9.17) is 23.5 Å². The Morgan fingerprint density at radius 3 is 2.49 bits per heavy atom. The van der Waals surface area contributed by atoms with Gasteiger partial charge in [0.05, 0.1) is 51.7 Å². The molecular weight excluding hydrogens is 496 g/mol. The standard InChI is InChI=1S/C25H30N6O5S/c1-5-15-10-23(29-28-15)27-17-12-19-16(11-20(17)32-2)25(30-36-19)31-37-24-21(33-3)8-14(9-22(24)34-4)18-13-35-7-6-26-18/h8-12,18,26H,5-7,13H2,1-4H3,(H,30,31)(H2,27,28,29). The molecule has 0 aliphatic carbocycles. The van der Waals surface area contributed by atoms with E-state index >= 15 is 0 Å². The van der Waals surface area contributed by atoms with Crippen molar-refractivity contribution in [2.75, 3.05) is 51.1 Å². The van der Waals surface area contributed by atoms with Crippen LogP contribution < -0.4 is 29.6 Å². The molecule has 11 nitrogen and oxygen atoms in total. The first-order chi connectivity index (χ1) is 18.1. The number of H-pyrrole nitrogens is 1. The predicted molar refractivity (Wildman–Crippen MR) is 142 cm³/mol. The summed E-state index contributed by atoms with van der Waals surface area (Å²) in [4.78, 5) is 0.789. The third-order valence-corrected chi connectivity index (χ3v) is 7.03. The molecule has 37 heavy (non-hydrogen) atoms. The number of morpholine rings is 1. The zero-order valence-corrected chi connectivity index (χ0v) is 22.0. The third kappa shape index (κ3) is 5.26. The first-order valence-electron chi connectivity index (χ1n) is 11.9. The summed E-state index contributed by atoms with van der Waals surface area (Å²) in [6.45, 7) is 4.17. The third-order valence-electron chi connectivity index (χ3n) is 6.12. The van der Waals surface area contributed by atoms with Crippen molar-refractivity contribution in [1.29, 1.82) is 0 Å². The van der Waals surface area contributed by atoms with Crippen molar-refractivity contribution >= 4 is 40.2 Å². The van der Waals surface area contributed by atoms with Gasteiger partial charge in [-0.25, -0.2) is 0 Å². The molecule has 1 unspecified atom stereocenters. The number of nitrogens with one attached hydrogen (secondary N) is 4. The lowest BCUT2D eigenvalue weighted by atomic mass is 10.1. The van der Waals surface area contributed by atoms with Crippen LogP contribution in [0.25, 0.3) is 11.0 Å². The number of nitrogens with zero attached hydrogens (tertiary/aromatic N) is 2. The number of aromatic nitrogens is 3. The molecule has 3 heterocycles. The van der Waals surface area contributed by atoms with Gasteiger partial charge in [0, 0.05) is 24.4 Å². The number of aromatic amines is 1. The van der Waals surface area contributed by atoms with Gasteiger partial charge in [0.25, 0.3) is 0 Å². The molecule has 1 fully saturated rings. The highest BCUT2D eigenvalue weighted by molar-refractivity contribution is 8.00. The maximum absolute atomic E-state index is 5.71. The second-order valence-corrected chi connectivity index (χ2v) is 9.19. The zero-order valence-electron chi connectivity index (χ0n) is 21.1. The summed E-state index contributed by atoms with van der Waals surface area (Å²) >= 11 is 1.33. The number of rotatable bonds is 10. The van der Waals surface area contributed by atoms with Crippen molar-refractivity contribution in [3.63, 3.8) is 0 Å². The van der Waals surface area contributed by atoms with Gasteiger partial charge in [-0.2, -0.15) is 5.10 Å². The van der Waals surface area contributed by atoms with E-state index in [9.17, 15) is 0 Å². The number of anilines is 3. The summed E-state index contributed by atoms with van der Waals surface area (Å²) in [6, 6.07) is 9.74. The van der Waals surface area contributed by atoms with Gasteiger partial charge in [-0.1, -0.05) is 12.1 Å². The van der Waals surface area contributed by atoms with E-state index in [0.717, 1.165) is 40.2 Å². The number of benzene rings is 2. The maximum atomic E-state index is 5.71. The lowest BCUT2D eigenvalue weighted by Gasteiger charge is -2.25. The molecule has 0 amide bonds. The van der Waals surface area contributed by atoms with Crippen LogP contribution in [0.2, 0.25) is 0 Å². The second kappa shape index (κ2) is 11.2. The molecule has 1 saturated heterocycles. The Morgan fingerprint density at radius 1 is 1.05 bits per heavy atom. The lowest BCUT2D eigenvalue weighted by molar-refractivity contribution is 0.0767. The first-order valence-corrected chi connectivity index (χ1v) is 12.7. The topological polar surface area (TPSA) is 128 Å². The Hall–Kier alpha value is -3.61. The molecular formula is C25H30N6O5S. The molecule has 4 N–H and O–H groups in total. The van der Waals surface area contributed by atoms with E-state index in [1.807, 2.05) is 30.3 Å². The number of fused-ring (bicyclic) bond motifs is 1. The summed E-state index contributed by atoms with van der Waals surface area (Å²) in [5, 5.41) is 19.0. The molecule has 0 bridgehead atoms. The van der Waals surface area contributed by atoms with Crippen molar-refractivity contribution in [2.24, 2.45) is 0 Å². The van der Waals surface area contributed by atoms with Crippen LogP contribution in [0.4, 0.5) is 17.3 Å². The second-order valence-electron chi connectivity index (χ2n) is 8.38. The minimum atomic E-state index is 0.0772. The van der Waals surface area contributed by atoms with Crippen molar-refractivity contribution in [3.8, 4) is 17.2 Å². The Kier molecular flexibility index (Phi) is 7.58. The molecule has 4 aromatic rings. The maximum Gasteiger partial charge on any atom is 0.187 e. The van der Waals surface area contributed by atoms with Crippen molar-refractivity contribution < 1.29 is 23.5 Å². The molecule has 1 aliphatic heterocycles. The van der Waals surface area contributed by atoms with E-state index in [-0.39, 0.29) is 6.04 Å². The molecule has 2 aromatic carbocycles. The van der Waals surface area contributed by atoms with Gasteiger partial charge in [0.1, 0.15) is 22.1 Å². The monoisotopic (exact) mass is 526 g/mol. The molecule has 1 atom stereocenters. The molecule has 196 valence electrons. The molecule has 0 saturated carbocycles. The Labute approximate surface area is 218 Å². The highest BCUT2D eigenvalue weighted by Gasteiger charge is 2.22. The van der Waals surface area contributed by atoms with Gasteiger partial charge in [-0.05, 0) is 42.1 Å². The van der Waals surface area contributed by atoms with E-state index in [0.29, 0.717) is 47.7 Å². The SMILES string of the molecule is CCc1cc(Nc2cc3onc(NSc4c(OC)cc(C5COCCN5)cc4OC)c3cc2OC)n[nH]1. The quantitative estimate of drug-likeness (QED) is 0.215. The van der Waals surface area contributed by atoms with Gasteiger partial charge in [-0.3, -0.25) is 5.10 Å². The van der Waals surface area contributed by atoms with Crippen LogP contribution >= 0.6 is 11.9 Å². The summed E-state index contributed by atoms with van der Waals surface area (Å²) < 4.78 is 31.6. The van der Waals surface area contributed by atoms with E-state index in [1.165, 1.54) is 11.9 Å². The van der Waals surface area contributed by atoms with Crippen LogP contribution in [0.3, 0.4) is 0 Å². The summed E-state index contributed by atoms with van der Waals surface area (Å²) in [5.41, 5.74) is 3.39. The molecule has 12 heteroatoms. The van der Waals surface area contributed by atoms with Crippen LogP contribution in [-0.2, 0) is 11.2 Å². The van der Waals surface area contributed by atoms with Crippen LogP contribution in [0.5, 0.6) is 17.2 Å². The highest BCUT2D eigenvalue weighted by atomic mass is 32.2.